The summed E-state index contributed by atoms with van der Waals surface area (Å²) in [5.74, 6) is 5.26. The van der Waals surface area contributed by atoms with Crippen molar-refractivity contribution in [3.63, 3.8) is 0 Å². The highest BCUT2D eigenvalue weighted by Crippen LogP contribution is 2.09. The minimum Gasteiger partial charge on any atom is -0.341 e. The Morgan fingerprint density at radius 1 is 1.08 bits per heavy atom. The molecule has 0 heterocycles. The highest BCUT2D eigenvalue weighted by Gasteiger charge is 2.12. The van der Waals surface area contributed by atoms with Gasteiger partial charge in [0.15, 0.2) is 0 Å². The first-order valence-electron chi connectivity index (χ1n) is 4.45. The van der Waals surface area contributed by atoms with Gasteiger partial charge in [0.05, 0.1) is 0 Å². The normalized spacial score (nSPS) is 11.5. The average molecular weight is 181 g/mol. The quantitative estimate of drug-likeness (QED) is 0.569. The number of hydrogen-bond donors (Lipinski definition) is 1. The van der Waals surface area contributed by atoms with Crippen LogP contribution in [-0.2, 0) is 4.79 Å². The second kappa shape index (κ2) is 3.83. The van der Waals surface area contributed by atoms with E-state index < -0.39 is 0 Å². The number of carbonyl (C=O) groups excluding carboxylic acids is 1. The number of carbonyl (C=O) groups is 1. The molecule has 0 bridgehead atoms. The summed E-state index contributed by atoms with van der Waals surface area (Å²) in [6.45, 7) is 11.7. The van der Waals surface area contributed by atoms with Gasteiger partial charge in [-0.2, -0.15) is 0 Å². The molecule has 2 nitrogen and oxygen atoms in total. The van der Waals surface area contributed by atoms with Crippen molar-refractivity contribution in [1.29, 1.82) is 0 Å². The fourth-order valence-electron chi connectivity index (χ4n) is 0.616. The zero-order chi connectivity index (χ0) is 10.7. The maximum Gasteiger partial charge on any atom is 0.296 e. The summed E-state index contributed by atoms with van der Waals surface area (Å²) < 4.78 is 0. The van der Waals surface area contributed by atoms with Gasteiger partial charge in [-0.05, 0) is 47.5 Å². The van der Waals surface area contributed by atoms with Crippen molar-refractivity contribution < 1.29 is 4.79 Å². The SMILES string of the molecule is CC(C)(C)C#CC(=O)NC(C)(C)C. The van der Waals surface area contributed by atoms with Crippen LogP contribution in [0.25, 0.3) is 0 Å². The van der Waals surface area contributed by atoms with Crippen molar-refractivity contribution in [1.82, 2.24) is 5.32 Å². The zero-order valence-corrected chi connectivity index (χ0v) is 9.41. The van der Waals surface area contributed by atoms with E-state index in [0.717, 1.165) is 0 Å². The third-order valence-electron chi connectivity index (χ3n) is 1.04. The van der Waals surface area contributed by atoms with Crippen LogP contribution in [0.15, 0.2) is 0 Å². The molecule has 0 aliphatic carbocycles. The molecule has 0 unspecified atom stereocenters. The minimum absolute atomic E-state index is 0.116. The molecule has 0 rings (SSSR count). The monoisotopic (exact) mass is 181 g/mol. The average Bonchev–Trinajstić information content (AvgIpc) is 1.78. The van der Waals surface area contributed by atoms with Crippen LogP contribution in [0, 0.1) is 17.3 Å². The predicted octanol–water partition coefficient (Wildman–Crippen LogP) is 1.95. The minimum atomic E-state index is -0.206. The van der Waals surface area contributed by atoms with Gasteiger partial charge in [-0.25, -0.2) is 0 Å². The van der Waals surface area contributed by atoms with Crippen LogP contribution in [0.5, 0.6) is 0 Å². The smallest absolute Gasteiger partial charge is 0.296 e. The second-order valence-corrected chi connectivity index (χ2v) is 5.20. The van der Waals surface area contributed by atoms with E-state index in [1.165, 1.54) is 0 Å². The Labute approximate surface area is 81.1 Å². The van der Waals surface area contributed by atoms with Crippen molar-refractivity contribution in [2.24, 2.45) is 5.41 Å². The maximum absolute atomic E-state index is 11.2. The number of nitrogens with one attached hydrogen (secondary N) is 1. The van der Waals surface area contributed by atoms with E-state index in [1.807, 2.05) is 41.5 Å². The number of amides is 1. The van der Waals surface area contributed by atoms with Crippen LogP contribution < -0.4 is 5.32 Å². The molecule has 0 atom stereocenters. The van der Waals surface area contributed by atoms with Crippen LogP contribution >= 0.6 is 0 Å². The molecule has 74 valence electrons. The van der Waals surface area contributed by atoms with Crippen molar-refractivity contribution in [2.75, 3.05) is 0 Å². The van der Waals surface area contributed by atoms with E-state index in [9.17, 15) is 4.79 Å². The Morgan fingerprint density at radius 2 is 1.54 bits per heavy atom. The highest BCUT2D eigenvalue weighted by molar-refractivity contribution is 5.94. The van der Waals surface area contributed by atoms with Crippen LogP contribution in [0.1, 0.15) is 41.5 Å². The van der Waals surface area contributed by atoms with Crippen molar-refractivity contribution in [3.8, 4) is 11.8 Å². The summed E-state index contributed by atoms with van der Waals surface area (Å²) in [5, 5.41) is 2.78. The summed E-state index contributed by atoms with van der Waals surface area (Å²) in [7, 11) is 0. The summed E-state index contributed by atoms with van der Waals surface area (Å²) in [6.07, 6.45) is 0. The third kappa shape index (κ3) is 8.94. The first-order valence-corrected chi connectivity index (χ1v) is 4.45. The molecule has 0 aliphatic heterocycles. The predicted molar refractivity (Wildman–Crippen MR) is 55.1 cm³/mol. The van der Waals surface area contributed by atoms with Gasteiger partial charge < -0.3 is 5.32 Å². The Kier molecular flexibility index (Phi) is 3.54. The van der Waals surface area contributed by atoms with Crippen LogP contribution in [0.4, 0.5) is 0 Å². The van der Waals surface area contributed by atoms with Crippen LogP contribution in [-0.4, -0.2) is 11.4 Å². The second-order valence-electron chi connectivity index (χ2n) is 5.20. The van der Waals surface area contributed by atoms with Crippen molar-refractivity contribution in [3.05, 3.63) is 0 Å². The summed E-state index contributed by atoms with van der Waals surface area (Å²) in [4.78, 5) is 11.2. The van der Waals surface area contributed by atoms with Gasteiger partial charge in [0.25, 0.3) is 5.91 Å². The lowest BCUT2D eigenvalue weighted by Gasteiger charge is -2.18. The Bertz CT molecular complexity index is 242. The first-order chi connectivity index (χ1) is 5.60. The molecule has 0 saturated carbocycles. The van der Waals surface area contributed by atoms with Gasteiger partial charge in [-0.3, -0.25) is 4.79 Å². The summed E-state index contributed by atoms with van der Waals surface area (Å²) >= 11 is 0. The Hall–Kier alpha value is -0.970. The molecule has 13 heavy (non-hydrogen) atoms. The summed E-state index contributed by atoms with van der Waals surface area (Å²) in [6, 6.07) is 0. The van der Waals surface area contributed by atoms with E-state index in [2.05, 4.69) is 17.2 Å². The van der Waals surface area contributed by atoms with Gasteiger partial charge in [0.1, 0.15) is 0 Å². The topological polar surface area (TPSA) is 29.1 Å². The lowest BCUT2D eigenvalue weighted by Crippen LogP contribution is -2.39. The van der Waals surface area contributed by atoms with Gasteiger partial charge in [-0.1, -0.05) is 5.92 Å². The Balaban J connectivity index is 4.23. The van der Waals surface area contributed by atoms with Gasteiger partial charge in [-0.15, -0.1) is 0 Å². The summed E-state index contributed by atoms with van der Waals surface area (Å²) in [5.41, 5.74) is -0.321. The van der Waals surface area contributed by atoms with E-state index in [-0.39, 0.29) is 16.9 Å². The molecular weight excluding hydrogens is 162 g/mol. The molecule has 0 aliphatic rings. The Morgan fingerprint density at radius 3 is 1.85 bits per heavy atom. The zero-order valence-electron chi connectivity index (χ0n) is 9.41. The largest absolute Gasteiger partial charge is 0.341 e. The number of hydrogen-bond acceptors (Lipinski definition) is 1. The lowest BCUT2D eigenvalue weighted by molar-refractivity contribution is -0.117. The maximum atomic E-state index is 11.2. The molecular formula is C11H19NO. The molecule has 0 spiro atoms. The van der Waals surface area contributed by atoms with Gasteiger partial charge >= 0.3 is 0 Å². The molecule has 2 heteroatoms. The first kappa shape index (κ1) is 12.0. The standard InChI is InChI=1S/C11H19NO/c1-10(2,3)8-7-9(13)12-11(4,5)6/h1-6H3,(H,12,13). The van der Waals surface area contributed by atoms with Crippen LogP contribution in [0.2, 0.25) is 0 Å². The highest BCUT2D eigenvalue weighted by atomic mass is 16.1. The van der Waals surface area contributed by atoms with Gasteiger partial charge in [0, 0.05) is 11.0 Å². The van der Waals surface area contributed by atoms with Crippen molar-refractivity contribution in [2.45, 2.75) is 47.1 Å². The lowest BCUT2D eigenvalue weighted by atomic mass is 9.98. The van der Waals surface area contributed by atoms with Crippen LogP contribution in [0.3, 0.4) is 0 Å². The molecule has 0 aromatic carbocycles. The molecule has 0 aromatic heterocycles. The fraction of sp³-hybridized carbons (Fsp3) is 0.727. The van der Waals surface area contributed by atoms with E-state index in [1.54, 1.807) is 0 Å². The molecule has 0 aromatic rings. The molecule has 1 amide bonds. The number of rotatable bonds is 0. The van der Waals surface area contributed by atoms with Crippen molar-refractivity contribution >= 4 is 5.91 Å². The molecule has 0 fully saturated rings. The molecule has 1 N–H and O–H groups in total. The third-order valence-corrected chi connectivity index (χ3v) is 1.04. The van der Waals surface area contributed by atoms with E-state index in [4.69, 9.17) is 0 Å². The van der Waals surface area contributed by atoms with E-state index in [0.29, 0.717) is 0 Å². The van der Waals surface area contributed by atoms with E-state index >= 15 is 0 Å². The fourth-order valence-corrected chi connectivity index (χ4v) is 0.616. The molecule has 0 saturated heterocycles. The van der Waals surface area contributed by atoms with Gasteiger partial charge in [0.2, 0.25) is 0 Å². The molecule has 0 radical (unpaired) electrons.